The Kier molecular flexibility index (Phi) is 4.08. The SMILES string of the molecule is CC(NCc1cc(C#N)cs1)c1cccc(F)c1. The maximum Gasteiger partial charge on any atom is 0.123 e. The van der Waals surface area contributed by atoms with Crippen LogP contribution in [0.2, 0.25) is 0 Å². The first-order valence-corrected chi connectivity index (χ1v) is 6.53. The van der Waals surface area contributed by atoms with E-state index < -0.39 is 0 Å². The third kappa shape index (κ3) is 3.16. The highest BCUT2D eigenvalue weighted by atomic mass is 32.1. The third-order valence-electron chi connectivity index (χ3n) is 2.71. The first-order chi connectivity index (χ1) is 8.69. The number of halogens is 1. The van der Waals surface area contributed by atoms with Crippen molar-refractivity contribution in [3.63, 3.8) is 0 Å². The molecule has 0 aliphatic carbocycles. The highest BCUT2D eigenvalue weighted by Crippen LogP contribution is 2.17. The van der Waals surface area contributed by atoms with Crippen LogP contribution in [0.3, 0.4) is 0 Å². The van der Waals surface area contributed by atoms with E-state index in [4.69, 9.17) is 5.26 Å². The summed E-state index contributed by atoms with van der Waals surface area (Å²) in [5.41, 5.74) is 1.61. The lowest BCUT2D eigenvalue weighted by Crippen LogP contribution is -2.17. The van der Waals surface area contributed by atoms with E-state index in [0.29, 0.717) is 12.1 Å². The smallest absolute Gasteiger partial charge is 0.123 e. The monoisotopic (exact) mass is 260 g/mol. The van der Waals surface area contributed by atoms with Gasteiger partial charge in [0.05, 0.1) is 5.56 Å². The van der Waals surface area contributed by atoms with Gasteiger partial charge in [0.2, 0.25) is 0 Å². The Bertz CT molecular complexity index is 571. The topological polar surface area (TPSA) is 35.8 Å². The van der Waals surface area contributed by atoms with Gasteiger partial charge in [-0.15, -0.1) is 11.3 Å². The molecule has 92 valence electrons. The van der Waals surface area contributed by atoms with Crippen LogP contribution in [0.5, 0.6) is 0 Å². The summed E-state index contributed by atoms with van der Waals surface area (Å²) < 4.78 is 13.1. The normalized spacial score (nSPS) is 12.1. The molecule has 0 fully saturated rings. The number of rotatable bonds is 4. The molecule has 0 amide bonds. The number of thiophene rings is 1. The fourth-order valence-electron chi connectivity index (χ4n) is 1.68. The van der Waals surface area contributed by atoms with Crippen molar-refractivity contribution in [1.82, 2.24) is 5.32 Å². The van der Waals surface area contributed by atoms with Gasteiger partial charge in [0.1, 0.15) is 11.9 Å². The zero-order chi connectivity index (χ0) is 13.0. The third-order valence-corrected chi connectivity index (χ3v) is 3.65. The molecule has 2 rings (SSSR count). The Labute approximate surface area is 110 Å². The minimum Gasteiger partial charge on any atom is -0.305 e. The second-order valence-corrected chi connectivity index (χ2v) is 5.07. The Balaban J connectivity index is 1.96. The van der Waals surface area contributed by atoms with Crippen LogP contribution in [-0.4, -0.2) is 0 Å². The van der Waals surface area contributed by atoms with E-state index in [9.17, 15) is 4.39 Å². The van der Waals surface area contributed by atoms with Crippen molar-refractivity contribution < 1.29 is 4.39 Å². The summed E-state index contributed by atoms with van der Waals surface area (Å²) in [5.74, 6) is -0.218. The maximum absolute atomic E-state index is 13.1. The largest absolute Gasteiger partial charge is 0.305 e. The van der Waals surface area contributed by atoms with Crippen LogP contribution in [0, 0.1) is 17.1 Å². The molecule has 0 radical (unpaired) electrons. The molecule has 0 bridgehead atoms. The average molecular weight is 260 g/mol. The molecule has 0 saturated carbocycles. The molecule has 0 aliphatic heterocycles. The molecular weight excluding hydrogens is 247 g/mol. The van der Waals surface area contributed by atoms with Crippen LogP contribution in [0.15, 0.2) is 35.7 Å². The Morgan fingerprint density at radius 1 is 1.44 bits per heavy atom. The van der Waals surface area contributed by atoms with Gasteiger partial charge in [-0.2, -0.15) is 5.26 Å². The van der Waals surface area contributed by atoms with Crippen molar-refractivity contribution in [2.75, 3.05) is 0 Å². The number of hydrogen-bond donors (Lipinski definition) is 1. The first-order valence-electron chi connectivity index (χ1n) is 5.65. The summed E-state index contributed by atoms with van der Waals surface area (Å²) in [7, 11) is 0. The lowest BCUT2D eigenvalue weighted by Gasteiger charge is -2.13. The molecule has 0 spiro atoms. The quantitative estimate of drug-likeness (QED) is 0.911. The molecule has 2 nitrogen and oxygen atoms in total. The van der Waals surface area contributed by atoms with Crippen molar-refractivity contribution in [3.8, 4) is 6.07 Å². The second-order valence-electron chi connectivity index (χ2n) is 4.07. The van der Waals surface area contributed by atoms with Crippen molar-refractivity contribution in [1.29, 1.82) is 5.26 Å². The highest BCUT2D eigenvalue weighted by molar-refractivity contribution is 7.10. The van der Waals surface area contributed by atoms with Crippen LogP contribution in [-0.2, 0) is 6.54 Å². The highest BCUT2D eigenvalue weighted by Gasteiger charge is 2.06. The molecule has 1 atom stereocenters. The molecule has 1 heterocycles. The summed E-state index contributed by atoms with van der Waals surface area (Å²) >= 11 is 1.56. The Morgan fingerprint density at radius 2 is 2.28 bits per heavy atom. The summed E-state index contributed by atoms with van der Waals surface area (Å²) in [6, 6.07) is 10.6. The van der Waals surface area contributed by atoms with Gasteiger partial charge in [0.15, 0.2) is 0 Å². The molecule has 1 aromatic heterocycles. The molecule has 0 saturated heterocycles. The van der Waals surface area contributed by atoms with E-state index in [2.05, 4.69) is 11.4 Å². The van der Waals surface area contributed by atoms with E-state index in [1.165, 1.54) is 12.1 Å². The molecule has 1 aromatic carbocycles. The molecule has 4 heteroatoms. The average Bonchev–Trinajstić information content (AvgIpc) is 2.84. The van der Waals surface area contributed by atoms with Gasteiger partial charge >= 0.3 is 0 Å². The van der Waals surface area contributed by atoms with Crippen molar-refractivity contribution in [2.45, 2.75) is 19.5 Å². The molecule has 18 heavy (non-hydrogen) atoms. The fraction of sp³-hybridized carbons (Fsp3) is 0.214. The van der Waals surface area contributed by atoms with E-state index in [0.717, 1.165) is 10.4 Å². The minimum atomic E-state index is -0.218. The lowest BCUT2D eigenvalue weighted by molar-refractivity contribution is 0.568. The van der Waals surface area contributed by atoms with Crippen LogP contribution in [0.4, 0.5) is 4.39 Å². The van der Waals surface area contributed by atoms with Gasteiger partial charge in [-0.25, -0.2) is 4.39 Å². The van der Waals surface area contributed by atoms with Gasteiger partial charge in [-0.1, -0.05) is 12.1 Å². The number of nitrogens with one attached hydrogen (secondary N) is 1. The summed E-state index contributed by atoms with van der Waals surface area (Å²) in [6.45, 7) is 2.68. The van der Waals surface area contributed by atoms with E-state index in [1.54, 1.807) is 17.4 Å². The van der Waals surface area contributed by atoms with Gasteiger partial charge in [0.25, 0.3) is 0 Å². The van der Waals surface area contributed by atoms with Crippen LogP contribution in [0.25, 0.3) is 0 Å². The summed E-state index contributed by atoms with van der Waals surface area (Å²) in [6.07, 6.45) is 0. The Hall–Kier alpha value is -1.70. The zero-order valence-electron chi connectivity index (χ0n) is 9.98. The van der Waals surface area contributed by atoms with E-state index in [1.807, 2.05) is 24.4 Å². The number of hydrogen-bond acceptors (Lipinski definition) is 3. The van der Waals surface area contributed by atoms with Crippen LogP contribution >= 0.6 is 11.3 Å². The molecule has 0 aliphatic rings. The standard InChI is InChI=1S/C14H13FN2S/c1-10(12-3-2-4-13(15)6-12)17-8-14-5-11(7-16)9-18-14/h2-6,9-10,17H,8H2,1H3. The fourth-order valence-corrected chi connectivity index (χ4v) is 2.44. The molecule has 2 aromatic rings. The second kappa shape index (κ2) is 5.76. The van der Waals surface area contributed by atoms with Gasteiger partial charge < -0.3 is 5.32 Å². The number of nitriles is 1. The predicted octanol–water partition coefficient (Wildman–Crippen LogP) is 3.61. The lowest BCUT2D eigenvalue weighted by atomic mass is 10.1. The number of nitrogens with zero attached hydrogens (tertiary/aromatic N) is 1. The minimum absolute atomic E-state index is 0.0772. The predicted molar refractivity (Wildman–Crippen MR) is 70.7 cm³/mol. The van der Waals surface area contributed by atoms with E-state index in [-0.39, 0.29) is 11.9 Å². The van der Waals surface area contributed by atoms with Gasteiger partial charge in [0, 0.05) is 22.8 Å². The first kappa shape index (κ1) is 12.7. The maximum atomic E-state index is 13.1. The van der Waals surface area contributed by atoms with E-state index >= 15 is 0 Å². The van der Waals surface area contributed by atoms with Crippen LogP contribution in [0.1, 0.15) is 29.0 Å². The summed E-state index contributed by atoms with van der Waals surface area (Å²) in [5, 5.41) is 13.9. The molecule has 1 N–H and O–H groups in total. The van der Waals surface area contributed by atoms with Gasteiger partial charge in [-0.3, -0.25) is 0 Å². The van der Waals surface area contributed by atoms with Crippen molar-refractivity contribution >= 4 is 11.3 Å². The Morgan fingerprint density at radius 3 is 2.94 bits per heavy atom. The van der Waals surface area contributed by atoms with Crippen molar-refractivity contribution in [2.24, 2.45) is 0 Å². The van der Waals surface area contributed by atoms with Crippen molar-refractivity contribution in [3.05, 3.63) is 57.5 Å². The molecule has 1 unspecified atom stereocenters. The van der Waals surface area contributed by atoms with Gasteiger partial charge in [-0.05, 0) is 30.7 Å². The summed E-state index contributed by atoms with van der Waals surface area (Å²) in [4.78, 5) is 1.11. The molecular formula is C14H13FN2S. The van der Waals surface area contributed by atoms with Crippen LogP contribution < -0.4 is 5.32 Å². The zero-order valence-corrected chi connectivity index (χ0v) is 10.8. The number of benzene rings is 1.